The van der Waals surface area contributed by atoms with E-state index in [1.165, 1.54) is 6.92 Å². The van der Waals surface area contributed by atoms with Gasteiger partial charge in [-0.25, -0.2) is 0 Å². The third-order valence-electron chi connectivity index (χ3n) is 0.537. The molecule has 0 aliphatic carbocycles. The van der Waals surface area contributed by atoms with Crippen molar-refractivity contribution >= 4 is 10.1 Å². The Bertz CT molecular complexity index is 159. The number of hydrogen-bond donors (Lipinski definition) is 1. The van der Waals surface area contributed by atoms with Gasteiger partial charge < -0.3 is 5.11 Å². The summed E-state index contributed by atoms with van der Waals surface area (Å²) in [5.74, 6) is 0. The molecule has 0 fully saturated rings. The van der Waals surface area contributed by atoms with Crippen LogP contribution in [-0.4, -0.2) is 25.9 Å². The van der Waals surface area contributed by atoms with E-state index in [9.17, 15) is 8.42 Å². The Morgan fingerprint density at radius 1 is 1.67 bits per heavy atom. The largest absolute Gasteiger partial charge is 0.388 e. The molecule has 4 nitrogen and oxygen atoms in total. The van der Waals surface area contributed by atoms with E-state index in [0.717, 1.165) is 6.26 Å². The zero-order valence-electron chi connectivity index (χ0n) is 5.23. The molecular formula is C4H9O4S. The fourth-order valence-electron chi connectivity index (χ4n) is 0.301. The van der Waals surface area contributed by atoms with Crippen LogP contribution in [0.5, 0.6) is 0 Å². The predicted molar refractivity (Wildman–Crippen MR) is 31.6 cm³/mol. The van der Waals surface area contributed by atoms with Crippen LogP contribution in [0.2, 0.25) is 0 Å². The second-order valence-electron chi connectivity index (χ2n) is 1.65. The summed E-state index contributed by atoms with van der Waals surface area (Å²) in [6.07, 6.45) is 0.160. The van der Waals surface area contributed by atoms with E-state index in [1.807, 2.05) is 0 Å². The first-order valence-corrected chi connectivity index (χ1v) is 4.13. The molecule has 9 heavy (non-hydrogen) atoms. The third-order valence-corrected chi connectivity index (χ3v) is 1.19. The molecule has 5 heteroatoms. The van der Waals surface area contributed by atoms with Crippen molar-refractivity contribution in [3.05, 3.63) is 6.61 Å². The molecule has 0 bridgehead atoms. The van der Waals surface area contributed by atoms with Crippen LogP contribution >= 0.6 is 0 Å². The maximum atomic E-state index is 10.2. The summed E-state index contributed by atoms with van der Waals surface area (Å²) in [6.45, 7) is 2.09. The smallest absolute Gasteiger partial charge is 0.264 e. The van der Waals surface area contributed by atoms with Crippen molar-refractivity contribution < 1.29 is 17.7 Å². The fourth-order valence-corrected chi connectivity index (χ4v) is 0.902. The monoisotopic (exact) mass is 153 g/mol. The zero-order valence-corrected chi connectivity index (χ0v) is 6.05. The molecule has 1 unspecified atom stereocenters. The van der Waals surface area contributed by atoms with Crippen LogP contribution in [0.15, 0.2) is 0 Å². The number of hydrogen-bond acceptors (Lipinski definition) is 4. The lowest BCUT2D eigenvalue weighted by Crippen LogP contribution is -2.13. The quantitative estimate of drug-likeness (QED) is 0.574. The van der Waals surface area contributed by atoms with Gasteiger partial charge in [0.15, 0.2) is 0 Å². The molecule has 0 aliphatic heterocycles. The molecule has 1 atom stereocenters. The topological polar surface area (TPSA) is 63.6 Å². The lowest BCUT2D eigenvalue weighted by molar-refractivity contribution is 0.190. The highest BCUT2D eigenvalue weighted by Gasteiger charge is 2.07. The third kappa shape index (κ3) is 5.75. The minimum Gasteiger partial charge on any atom is -0.388 e. The summed E-state index contributed by atoms with van der Waals surface area (Å²) in [4.78, 5) is 0. The summed E-state index contributed by atoms with van der Waals surface area (Å²) in [7, 11) is -3.43. The Morgan fingerprint density at radius 3 is 2.22 bits per heavy atom. The van der Waals surface area contributed by atoms with Crippen LogP contribution < -0.4 is 0 Å². The van der Waals surface area contributed by atoms with Crippen molar-refractivity contribution in [1.29, 1.82) is 0 Å². The molecule has 0 amide bonds. The van der Waals surface area contributed by atoms with Crippen LogP contribution in [0, 0.1) is 6.61 Å². The molecule has 0 aromatic heterocycles. The Balaban J connectivity index is 3.75. The second kappa shape index (κ2) is 3.14. The van der Waals surface area contributed by atoms with Gasteiger partial charge in [0.2, 0.25) is 0 Å². The molecule has 0 heterocycles. The molecular weight excluding hydrogens is 144 g/mol. The molecule has 0 saturated heterocycles. The Hall–Kier alpha value is -0.130. The summed E-state index contributed by atoms with van der Waals surface area (Å²) >= 11 is 0. The Morgan fingerprint density at radius 2 is 2.11 bits per heavy atom. The lowest BCUT2D eigenvalue weighted by Gasteiger charge is -2.04. The Labute approximate surface area is 54.6 Å². The molecule has 0 aromatic rings. The SMILES string of the molecule is CC([CH]O)OS(C)(=O)=O. The summed E-state index contributed by atoms with van der Waals surface area (Å²) < 4.78 is 24.7. The Kier molecular flexibility index (Phi) is 3.10. The summed E-state index contributed by atoms with van der Waals surface area (Å²) in [5.41, 5.74) is 0. The summed E-state index contributed by atoms with van der Waals surface area (Å²) in [6, 6.07) is 0. The molecule has 1 radical (unpaired) electrons. The first-order valence-electron chi connectivity index (χ1n) is 2.31. The fraction of sp³-hybridized carbons (Fsp3) is 0.750. The van der Waals surface area contributed by atoms with Gasteiger partial charge in [-0.15, -0.1) is 0 Å². The van der Waals surface area contributed by atoms with Gasteiger partial charge in [-0.05, 0) is 6.92 Å². The lowest BCUT2D eigenvalue weighted by atomic mass is 10.5. The van der Waals surface area contributed by atoms with E-state index in [-0.39, 0.29) is 0 Å². The van der Waals surface area contributed by atoms with Crippen molar-refractivity contribution in [2.75, 3.05) is 6.26 Å². The van der Waals surface area contributed by atoms with E-state index in [2.05, 4.69) is 4.18 Å². The van der Waals surface area contributed by atoms with E-state index in [4.69, 9.17) is 5.11 Å². The van der Waals surface area contributed by atoms with Crippen LogP contribution in [-0.2, 0) is 14.3 Å². The second-order valence-corrected chi connectivity index (χ2v) is 3.26. The van der Waals surface area contributed by atoms with Gasteiger partial charge in [0.25, 0.3) is 10.1 Å². The number of aliphatic hydroxyl groups excluding tert-OH is 1. The maximum Gasteiger partial charge on any atom is 0.264 e. The molecule has 0 aromatic carbocycles. The van der Waals surface area contributed by atoms with E-state index < -0.39 is 16.2 Å². The van der Waals surface area contributed by atoms with Crippen molar-refractivity contribution in [2.24, 2.45) is 0 Å². The number of aliphatic hydroxyl groups is 1. The van der Waals surface area contributed by atoms with E-state index in [0.29, 0.717) is 6.61 Å². The van der Waals surface area contributed by atoms with E-state index in [1.54, 1.807) is 0 Å². The van der Waals surface area contributed by atoms with Crippen LogP contribution in [0.1, 0.15) is 6.92 Å². The predicted octanol–water partition coefficient (Wildman–Crippen LogP) is -0.115. The minimum absolute atomic E-state index is 0.668. The molecule has 55 valence electrons. The van der Waals surface area contributed by atoms with Gasteiger partial charge in [0.1, 0.15) is 12.7 Å². The minimum atomic E-state index is -3.43. The van der Waals surface area contributed by atoms with Crippen molar-refractivity contribution in [3.63, 3.8) is 0 Å². The van der Waals surface area contributed by atoms with Crippen molar-refractivity contribution in [3.8, 4) is 0 Å². The number of rotatable bonds is 3. The van der Waals surface area contributed by atoms with Gasteiger partial charge in [0.05, 0.1) is 6.26 Å². The standard InChI is InChI=1S/C4H9O4S/c1-4(3-5)8-9(2,6)7/h3-5H,1-2H3. The highest BCUT2D eigenvalue weighted by atomic mass is 32.2. The first kappa shape index (κ1) is 8.87. The zero-order chi connectivity index (χ0) is 7.49. The molecule has 0 spiro atoms. The van der Waals surface area contributed by atoms with Gasteiger partial charge in [-0.1, -0.05) is 0 Å². The van der Waals surface area contributed by atoms with Crippen LogP contribution in [0.25, 0.3) is 0 Å². The molecule has 0 rings (SSSR count). The van der Waals surface area contributed by atoms with Gasteiger partial charge in [-0.3, -0.25) is 4.18 Å². The molecule has 0 saturated carbocycles. The van der Waals surface area contributed by atoms with Crippen molar-refractivity contribution in [1.82, 2.24) is 0 Å². The van der Waals surface area contributed by atoms with Gasteiger partial charge in [0, 0.05) is 0 Å². The van der Waals surface area contributed by atoms with Crippen LogP contribution in [0.3, 0.4) is 0 Å². The highest BCUT2D eigenvalue weighted by molar-refractivity contribution is 7.86. The normalized spacial score (nSPS) is 15.4. The molecule has 1 N–H and O–H groups in total. The van der Waals surface area contributed by atoms with Gasteiger partial charge >= 0.3 is 0 Å². The first-order chi connectivity index (χ1) is 3.95. The average molecular weight is 153 g/mol. The average Bonchev–Trinajstić information content (AvgIpc) is 1.62. The highest BCUT2D eigenvalue weighted by Crippen LogP contribution is 1.96. The van der Waals surface area contributed by atoms with E-state index >= 15 is 0 Å². The molecule has 0 aliphatic rings. The summed E-state index contributed by atoms with van der Waals surface area (Å²) in [5, 5.41) is 8.18. The maximum absolute atomic E-state index is 10.2. The van der Waals surface area contributed by atoms with Crippen LogP contribution in [0.4, 0.5) is 0 Å². The van der Waals surface area contributed by atoms with Crippen molar-refractivity contribution in [2.45, 2.75) is 13.0 Å². The van der Waals surface area contributed by atoms with Gasteiger partial charge in [-0.2, -0.15) is 8.42 Å².